The third-order valence-corrected chi connectivity index (χ3v) is 1.86. The van der Waals surface area contributed by atoms with Crippen molar-refractivity contribution in [2.75, 3.05) is 0 Å². The summed E-state index contributed by atoms with van der Waals surface area (Å²) in [4.78, 5) is 0. The summed E-state index contributed by atoms with van der Waals surface area (Å²) in [5.74, 6) is 0.736. The van der Waals surface area contributed by atoms with Crippen molar-refractivity contribution in [3.8, 4) is 5.75 Å². The molecule has 1 aromatic carbocycles. The first kappa shape index (κ1) is 11.8. The summed E-state index contributed by atoms with van der Waals surface area (Å²) in [6, 6.07) is 5.53. The first-order valence-electron chi connectivity index (χ1n) is 4.90. The van der Waals surface area contributed by atoms with Crippen molar-refractivity contribution in [1.29, 1.82) is 0 Å². The Kier molecular flexibility index (Phi) is 3.53. The fourth-order valence-electron chi connectivity index (χ4n) is 1.31. The number of hydrogen-bond donors (Lipinski definition) is 1. The van der Waals surface area contributed by atoms with Gasteiger partial charge >= 0.3 is 0 Å². The van der Waals surface area contributed by atoms with E-state index in [1.807, 2.05) is 39.0 Å². The summed E-state index contributed by atoms with van der Waals surface area (Å²) in [5, 5.41) is 9.04. The van der Waals surface area contributed by atoms with E-state index in [-0.39, 0.29) is 5.60 Å². The molecule has 0 bridgehead atoms. The SMILES string of the molecule is C=Cc1c([CH]O)cccc1OC(C)(C)C. The van der Waals surface area contributed by atoms with Crippen molar-refractivity contribution in [3.63, 3.8) is 0 Å². The van der Waals surface area contributed by atoms with Crippen LogP contribution >= 0.6 is 0 Å². The molecule has 15 heavy (non-hydrogen) atoms. The first-order chi connectivity index (χ1) is 6.98. The Balaban J connectivity index is 3.12. The molecule has 0 aliphatic heterocycles. The van der Waals surface area contributed by atoms with Crippen molar-refractivity contribution in [3.05, 3.63) is 42.5 Å². The van der Waals surface area contributed by atoms with Gasteiger partial charge < -0.3 is 9.84 Å². The Labute approximate surface area is 91.2 Å². The van der Waals surface area contributed by atoms with Crippen LogP contribution in [0.4, 0.5) is 0 Å². The smallest absolute Gasteiger partial charge is 0.127 e. The van der Waals surface area contributed by atoms with Gasteiger partial charge in [-0.2, -0.15) is 0 Å². The highest BCUT2D eigenvalue weighted by Crippen LogP contribution is 2.27. The van der Waals surface area contributed by atoms with E-state index in [2.05, 4.69) is 6.58 Å². The monoisotopic (exact) mass is 205 g/mol. The molecule has 0 aliphatic rings. The standard InChI is InChI=1S/C13H17O2/c1-5-11-10(9-14)7-6-8-12(11)15-13(2,3)4/h5-9,14H,1H2,2-4H3. The minimum atomic E-state index is -0.258. The summed E-state index contributed by atoms with van der Waals surface area (Å²) in [6.45, 7) is 10.7. The lowest BCUT2D eigenvalue weighted by molar-refractivity contribution is 0.130. The van der Waals surface area contributed by atoms with Gasteiger partial charge in [-0.1, -0.05) is 24.8 Å². The molecule has 0 spiro atoms. The lowest BCUT2D eigenvalue weighted by Crippen LogP contribution is -2.23. The quantitative estimate of drug-likeness (QED) is 0.819. The van der Waals surface area contributed by atoms with Crippen LogP contribution in [0.3, 0.4) is 0 Å². The lowest BCUT2D eigenvalue weighted by Gasteiger charge is -2.23. The van der Waals surface area contributed by atoms with Gasteiger partial charge in [0.2, 0.25) is 0 Å². The zero-order valence-corrected chi connectivity index (χ0v) is 9.45. The highest BCUT2D eigenvalue weighted by molar-refractivity contribution is 5.61. The Bertz CT molecular complexity index is 348. The zero-order chi connectivity index (χ0) is 11.5. The zero-order valence-electron chi connectivity index (χ0n) is 9.45. The Hall–Kier alpha value is -1.28. The van der Waals surface area contributed by atoms with Crippen LogP contribution in [0.25, 0.3) is 6.08 Å². The molecule has 0 amide bonds. The van der Waals surface area contributed by atoms with Crippen molar-refractivity contribution >= 4 is 6.08 Å². The molecule has 1 N–H and O–H groups in total. The molecule has 0 fully saturated rings. The molecule has 2 heteroatoms. The summed E-state index contributed by atoms with van der Waals surface area (Å²) in [5.41, 5.74) is 1.27. The van der Waals surface area contributed by atoms with Gasteiger partial charge in [-0.25, -0.2) is 0 Å². The molecule has 0 heterocycles. The third kappa shape index (κ3) is 3.10. The van der Waals surface area contributed by atoms with Gasteiger partial charge in [0, 0.05) is 5.56 Å². The Morgan fingerprint density at radius 3 is 2.47 bits per heavy atom. The largest absolute Gasteiger partial charge is 0.488 e. The van der Waals surface area contributed by atoms with Crippen LogP contribution in [0.15, 0.2) is 24.8 Å². The van der Waals surface area contributed by atoms with Crippen molar-refractivity contribution < 1.29 is 9.84 Å². The number of aliphatic hydroxyl groups excluding tert-OH is 1. The van der Waals surface area contributed by atoms with Gasteiger partial charge in [0.15, 0.2) is 0 Å². The third-order valence-electron chi connectivity index (χ3n) is 1.86. The van der Waals surface area contributed by atoms with Crippen LogP contribution in [0, 0.1) is 6.61 Å². The molecule has 0 aliphatic carbocycles. The van der Waals surface area contributed by atoms with Gasteiger partial charge in [0.1, 0.15) is 18.0 Å². The summed E-state index contributed by atoms with van der Waals surface area (Å²) < 4.78 is 5.76. The molecule has 1 aromatic rings. The predicted molar refractivity (Wildman–Crippen MR) is 62.3 cm³/mol. The Morgan fingerprint density at radius 1 is 1.33 bits per heavy atom. The number of benzene rings is 1. The Morgan fingerprint density at radius 2 is 2.00 bits per heavy atom. The minimum Gasteiger partial charge on any atom is -0.488 e. The van der Waals surface area contributed by atoms with E-state index < -0.39 is 0 Å². The van der Waals surface area contributed by atoms with Crippen molar-refractivity contribution in [1.82, 2.24) is 0 Å². The molecule has 0 aromatic heterocycles. The van der Waals surface area contributed by atoms with E-state index in [4.69, 9.17) is 9.84 Å². The number of rotatable bonds is 3. The van der Waals surface area contributed by atoms with Crippen molar-refractivity contribution in [2.45, 2.75) is 26.4 Å². The number of ether oxygens (including phenoxy) is 1. The van der Waals surface area contributed by atoms with Gasteiger partial charge in [0.25, 0.3) is 0 Å². The van der Waals surface area contributed by atoms with Gasteiger partial charge in [-0.15, -0.1) is 0 Å². The molecular formula is C13H17O2. The maximum atomic E-state index is 9.04. The number of aliphatic hydroxyl groups is 1. The van der Waals surface area contributed by atoms with E-state index in [1.165, 1.54) is 0 Å². The minimum absolute atomic E-state index is 0.258. The summed E-state index contributed by atoms with van der Waals surface area (Å²) in [6.07, 6.45) is 1.68. The molecule has 81 valence electrons. The van der Waals surface area contributed by atoms with Crippen LogP contribution in [-0.2, 0) is 0 Å². The molecule has 0 saturated carbocycles. The average molecular weight is 205 g/mol. The molecule has 0 saturated heterocycles. The molecule has 1 rings (SSSR count). The van der Waals surface area contributed by atoms with Gasteiger partial charge in [-0.3, -0.25) is 0 Å². The average Bonchev–Trinajstić information content (AvgIpc) is 2.15. The van der Waals surface area contributed by atoms with E-state index in [9.17, 15) is 0 Å². The molecule has 0 unspecified atom stereocenters. The summed E-state index contributed by atoms with van der Waals surface area (Å²) >= 11 is 0. The maximum Gasteiger partial charge on any atom is 0.127 e. The maximum absolute atomic E-state index is 9.04. The van der Waals surface area contributed by atoms with Crippen LogP contribution in [0.1, 0.15) is 31.9 Å². The fourth-order valence-corrected chi connectivity index (χ4v) is 1.31. The van der Waals surface area contributed by atoms with Crippen LogP contribution in [0.2, 0.25) is 0 Å². The van der Waals surface area contributed by atoms with E-state index >= 15 is 0 Å². The highest BCUT2D eigenvalue weighted by Gasteiger charge is 2.14. The topological polar surface area (TPSA) is 29.5 Å². The molecule has 2 nitrogen and oxygen atoms in total. The van der Waals surface area contributed by atoms with E-state index in [0.29, 0.717) is 5.56 Å². The second kappa shape index (κ2) is 4.49. The second-order valence-corrected chi connectivity index (χ2v) is 4.31. The van der Waals surface area contributed by atoms with Crippen LogP contribution in [0.5, 0.6) is 5.75 Å². The first-order valence-corrected chi connectivity index (χ1v) is 4.90. The van der Waals surface area contributed by atoms with Crippen molar-refractivity contribution in [2.24, 2.45) is 0 Å². The van der Waals surface area contributed by atoms with Crippen LogP contribution < -0.4 is 4.74 Å². The number of hydrogen-bond acceptors (Lipinski definition) is 2. The highest BCUT2D eigenvalue weighted by atomic mass is 16.5. The van der Waals surface area contributed by atoms with Crippen LogP contribution in [-0.4, -0.2) is 10.7 Å². The van der Waals surface area contributed by atoms with Gasteiger partial charge in [0.05, 0.1) is 0 Å². The molecule has 0 atom stereocenters. The van der Waals surface area contributed by atoms with Gasteiger partial charge in [-0.05, 0) is 32.4 Å². The summed E-state index contributed by atoms with van der Waals surface area (Å²) in [7, 11) is 0. The molecule has 1 radical (unpaired) electrons. The molecular weight excluding hydrogens is 188 g/mol. The van der Waals surface area contributed by atoms with E-state index in [1.54, 1.807) is 6.08 Å². The normalized spacial score (nSPS) is 11.2. The lowest BCUT2D eigenvalue weighted by atomic mass is 10.1. The second-order valence-electron chi connectivity index (χ2n) is 4.31. The predicted octanol–water partition coefficient (Wildman–Crippen LogP) is 3.39. The van der Waals surface area contributed by atoms with E-state index in [0.717, 1.165) is 17.9 Å². The fraction of sp³-hybridized carbons (Fsp3) is 0.308.